The molecule has 90 valence electrons. The summed E-state index contributed by atoms with van der Waals surface area (Å²) >= 11 is 0. The van der Waals surface area contributed by atoms with Gasteiger partial charge in [0.2, 0.25) is 5.95 Å². The molecule has 0 spiro atoms. The lowest BCUT2D eigenvalue weighted by Gasteiger charge is -2.20. The van der Waals surface area contributed by atoms with Gasteiger partial charge in [-0.05, 0) is 5.92 Å². The first-order chi connectivity index (χ1) is 7.56. The lowest BCUT2D eigenvalue weighted by molar-refractivity contribution is 0.249. The van der Waals surface area contributed by atoms with Gasteiger partial charge in [0.25, 0.3) is 0 Å². The van der Waals surface area contributed by atoms with E-state index >= 15 is 0 Å². The van der Waals surface area contributed by atoms with Crippen molar-refractivity contribution >= 4 is 17.6 Å². The van der Waals surface area contributed by atoms with Crippen molar-refractivity contribution in [2.24, 2.45) is 5.92 Å². The lowest BCUT2D eigenvalue weighted by Crippen LogP contribution is -2.30. The average Bonchev–Trinajstić information content (AvgIpc) is 2.24. The van der Waals surface area contributed by atoms with Gasteiger partial charge in [0.1, 0.15) is 11.6 Å². The van der Waals surface area contributed by atoms with Gasteiger partial charge in [-0.15, -0.1) is 0 Å². The van der Waals surface area contributed by atoms with Crippen molar-refractivity contribution in [1.82, 2.24) is 9.97 Å². The molecular weight excluding hydrogens is 206 g/mol. The Labute approximate surface area is 95.3 Å². The van der Waals surface area contributed by atoms with Gasteiger partial charge in [0.05, 0.1) is 12.6 Å². The Balaban J connectivity index is 2.83. The third-order valence-electron chi connectivity index (χ3n) is 2.33. The van der Waals surface area contributed by atoms with Crippen LogP contribution in [0.25, 0.3) is 0 Å². The molecule has 16 heavy (non-hydrogen) atoms. The zero-order chi connectivity index (χ0) is 12.1. The van der Waals surface area contributed by atoms with Crippen LogP contribution in [0.5, 0.6) is 0 Å². The minimum Gasteiger partial charge on any atom is -0.394 e. The van der Waals surface area contributed by atoms with Gasteiger partial charge in [-0.25, -0.2) is 0 Å². The minimum atomic E-state index is -0.0426. The third-order valence-corrected chi connectivity index (χ3v) is 2.33. The highest BCUT2D eigenvalue weighted by Crippen LogP contribution is 2.15. The summed E-state index contributed by atoms with van der Waals surface area (Å²) < 4.78 is 0. The molecule has 0 fully saturated rings. The maximum Gasteiger partial charge on any atom is 0.223 e. The molecule has 0 aromatic carbocycles. The summed E-state index contributed by atoms with van der Waals surface area (Å²) in [6.45, 7) is 4.10. The van der Waals surface area contributed by atoms with Crippen LogP contribution in [0.1, 0.15) is 13.8 Å². The Bertz CT molecular complexity index is 342. The summed E-state index contributed by atoms with van der Waals surface area (Å²) in [6.07, 6.45) is 0. The average molecular weight is 225 g/mol. The topological polar surface area (TPSA) is 96.1 Å². The number of aromatic nitrogens is 2. The highest BCUT2D eigenvalue weighted by molar-refractivity contribution is 5.51. The first kappa shape index (κ1) is 12.5. The fourth-order valence-corrected chi connectivity index (χ4v) is 1.28. The smallest absolute Gasteiger partial charge is 0.223 e. The zero-order valence-corrected chi connectivity index (χ0v) is 9.86. The summed E-state index contributed by atoms with van der Waals surface area (Å²) in [6, 6.07) is 1.71. The van der Waals surface area contributed by atoms with Gasteiger partial charge in [-0.3, -0.25) is 0 Å². The van der Waals surface area contributed by atoms with Crippen molar-refractivity contribution in [3.8, 4) is 0 Å². The second-order valence-electron chi connectivity index (χ2n) is 3.92. The van der Waals surface area contributed by atoms with E-state index in [1.54, 1.807) is 13.1 Å². The monoisotopic (exact) mass is 225 g/mol. The number of nitrogens with zero attached hydrogens (tertiary/aromatic N) is 2. The Kier molecular flexibility index (Phi) is 4.30. The number of nitrogens with two attached hydrogens (primary N) is 1. The van der Waals surface area contributed by atoms with Gasteiger partial charge in [-0.2, -0.15) is 9.97 Å². The Morgan fingerprint density at radius 2 is 2.00 bits per heavy atom. The predicted octanol–water partition coefficient (Wildman–Crippen LogP) is 0.529. The molecule has 0 amide bonds. The molecule has 5 N–H and O–H groups in total. The summed E-state index contributed by atoms with van der Waals surface area (Å²) in [5, 5.41) is 15.2. The summed E-state index contributed by atoms with van der Waals surface area (Å²) in [4.78, 5) is 8.04. The number of aliphatic hydroxyl groups is 1. The number of hydrogen-bond acceptors (Lipinski definition) is 6. The molecule has 1 heterocycles. The van der Waals surface area contributed by atoms with Crippen LogP contribution in [0.2, 0.25) is 0 Å². The molecule has 1 aromatic heterocycles. The lowest BCUT2D eigenvalue weighted by atomic mass is 10.1. The molecule has 6 nitrogen and oxygen atoms in total. The van der Waals surface area contributed by atoms with E-state index in [0.29, 0.717) is 17.6 Å². The quantitative estimate of drug-likeness (QED) is 0.584. The number of anilines is 3. The van der Waals surface area contributed by atoms with Crippen LogP contribution in [0, 0.1) is 5.92 Å². The standard InChI is InChI=1S/C10H19N5O/c1-6(2)7(5-16)13-9-4-8(12-3)14-10(11)15-9/h4,6-7,16H,5H2,1-3H3,(H4,11,12,13,14,15)/t7-/m1/s1. The molecule has 0 saturated carbocycles. The molecule has 0 unspecified atom stereocenters. The summed E-state index contributed by atoms with van der Waals surface area (Å²) in [5.74, 6) is 1.77. The van der Waals surface area contributed by atoms with Crippen molar-refractivity contribution in [3.63, 3.8) is 0 Å². The number of nitrogens with one attached hydrogen (secondary N) is 2. The molecule has 0 aliphatic rings. The Morgan fingerprint density at radius 1 is 1.38 bits per heavy atom. The van der Waals surface area contributed by atoms with E-state index in [-0.39, 0.29) is 18.6 Å². The largest absolute Gasteiger partial charge is 0.394 e. The third kappa shape index (κ3) is 3.23. The van der Waals surface area contributed by atoms with E-state index in [9.17, 15) is 5.11 Å². The number of aliphatic hydroxyl groups excluding tert-OH is 1. The molecular formula is C10H19N5O. The first-order valence-electron chi connectivity index (χ1n) is 5.26. The molecule has 0 saturated heterocycles. The predicted molar refractivity (Wildman–Crippen MR) is 65.3 cm³/mol. The van der Waals surface area contributed by atoms with Gasteiger partial charge in [0, 0.05) is 13.1 Å². The van der Waals surface area contributed by atoms with E-state index in [1.165, 1.54) is 0 Å². The Hall–Kier alpha value is -1.56. The number of nitrogen functional groups attached to an aromatic ring is 1. The molecule has 0 bridgehead atoms. The molecule has 0 aliphatic heterocycles. The van der Waals surface area contributed by atoms with Crippen molar-refractivity contribution in [2.45, 2.75) is 19.9 Å². The van der Waals surface area contributed by atoms with E-state index in [4.69, 9.17) is 5.73 Å². The second-order valence-corrected chi connectivity index (χ2v) is 3.92. The molecule has 1 rings (SSSR count). The first-order valence-corrected chi connectivity index (χ1v) is 5.26. The maximum absolute atomic E-state index is 9.20. The molecule has 1 atom stereocenters. The zero-order valence-electron chi connectivity index (χ0n) is 9.86. The summed E-state index contributed by atoms with van der Waals surface area (Å²) in [7, 11) is 1.76. The SMILES string of the molecule is CNc1cc(N[C@H](CO)C(C)C)nc(N)n1. The highest BCUT2D eigenvalue weighted by atomic mass is 16.3. The van der Waals surface area contributed by atoms with E-state index < -0.39 is 0 Å². The van der Waals surface area contributed by atoms with E-state index in [1.807, 2.05) is 13.8 Å². The summed E-state index contributed by atoms with van der Waals surface area (Å²) in [5.41, 5.74) is 5.56. The van der Waals surface area contributed by atoms with Crippen LogP contribution in [0.4, 0.5) is 17.6 Å². The van der Waals surface area contributed by atoms with Crippen LogP contribution in [0.3, 0.4) is 0 Å². The van der Waals surface area contributed by atoms with Crippen LogP contribution in [-0.4, -0.2) is 34.8 Å². The van der Waals surface area contributed by atoms with Gasteiger partial charge in [0.15, 0.2) is 0 Å². The van der Waals surface area contributed by atoms with E-state index in [0.717, 1.165) is 0 Å². The van der Waals surface area contributed by atoms with E-state index in [2.05, 4.69) is 20.6 Å². The van der Waals surface area contributed by atoms with Gasteiger partial charge in [-0.1, -0.05) is 13.8 Å². The maximum atomic E-state index is 9.20. The Morgan fingerprint density at radius 3 is 2.50 bits per heavy atom. The van der Waals surface area contributed by atoms with Gasteiger partial charge < -0.3 is 21.5 Å². The molecule has 0 aliphatic carbocycles. The van der Waals surface area contributed by atoms with Gasteiger partial charge >= 0.3 is 0 Å². The van der Waals surface area contributed by atoms with Crippen molar-refractivity contribution in [3.05, 3.63) is 6.07 Å². The molecule has 6 heteroatoms. The second kappa shape index (κ2) is 5.50. The fourth-order valence-electron chi connectivity index (χ4n) is 1.28. The molecule has 0 radical (unpaired) electrons. The van der Waals surface area contributed by atoms with Crippen LogP contribution >= 0.6 is 0 Å². The molecule has 1 aromatic rings. The van der Waals surface area contributed by atoms with Crippen LogP contribution in [-0.2, 0) is 0 Å². The number of rotatable bonds is 5. The highest BCUT2D eigenvalue weighted by Gasteiger charge is 2.13. The number of hydrogen-bond donors (Lipinski definition) is 4. The minimum absolute atomic E-state index is 0.0426. The van der Waals surface area contributed by atoms with Crippen molar-refractivity contribution < 1.29 is 5.11 Å². The van der Waals surface area contributed by atoms with Crippen molar-refractivity contribution in [1.29, 1.82) is 0 Å². The fraction of sp³-hybridized carbons (Fsp3) is 0.600. The van der Waals surface area contributed by atoms with Crippen molar-refractivity contribution in [2.75, 3.05) is 30.0 Å². The normalized spacial score (nSPS) is 12.6. The van der Waals surface area contributed by atoms with Crippen LogP contribution in [0.15, 0.2) is 6.07 Å². The van der Waals surface area contributed by atoms with Crippen LogP contribution < -0.4 is 16.4 Å².